The normalized spacial score (nSPS) is 10.3. The lowest BCUT2D eigenvalue weighted by Gasteiger charge is -2.11. The maximum absolute atomic E-state index is 12.5. The molecular formula is C23H20O4. The van der Waals surface area contributed by atoms with E-state index in [0.29, 0.717) is 17.1 Å². The van der Waals surface area contributed by atoms with Crippen LogP contribution in [0.25, 0.3) is 0 Å². The Balaban J connectivity index is 1.70. The van der Waals surface area contributed by atoms with Gasteiger partial charge < -0.3 is 9.47 Å². The van der Waals surface area contributed by atoms with Gasteiger partial charge in [-0.2, -0.15) is 0 Å². The molecule has 0 saturated carbocycles. The van der Waals surface area contributed by atoms with E-state index in [0.717, 1.165) is 11.1 Å². The van der Waals surface area contributed by atoms with Crippen molar-refractivity contribution < 1.29 is 19.1 Å². The van der Waals surface area contributed by atoms with Gasteiger partial charge in [0, 0.05) is 5.56 Å². The van der Waals surface area contributed by atoms with E-state index >= 15 is 0 Å². The second kappa shape index (κ2) is 8.32. The van der Waals surface area contributed by atoms with E-state index < -0.39 is 5.97 Å². The van der Waals surface area contributed by atoms with Gasteiger partial charge >= 0.3 is 5.97 Å². The van der Waals surface area contributed by atoms with Crippen LogP contribution < -0.4 is 4.74 Å². The number of ether oxygens (including phenoxy) is 2. The zero-order valence-electron chi connectivity index (χ0n) is 15.3. The number of para-hydroxylation sites is 2. The highest BCUT2D eigenvalue weighted by Gasteiger charge is 2.17. The maximum Gasteiger partial charge on any atom is 0.342 e. The predicted octanol–water partition coefficient (Wildman–Crippen LogP) is 5.14. The number of hydrogen-bond acceptors (Lipinski definition) is 4. The van der Waals surface area contributed by atoms with Crippen LogP contribution in [0.1, 0.15) is 31.8 Å². The van der Waals surface area contributed by atoms with Crippen molar-refractivity contribution in [1.29, 1.82) is 0 Å². The monoisotopic (exact) mass is 360 g/mol. The van der Waals surface area contributed by atoms with Gasteiger partial charge in [-0.25, -0.2) is 4.79 Å². The van der Waals surface area contributed by atoms with Gasteiger partial charge in [0.15, 0.2) is 6.61 Å². The molecule has 0 aliphatic heterocycles. The summed E-state index contributed by atoms with van der Waals surface area (Å²) < 4.78 is 11.0. The van der Waals surface area contributed by atoms with E-state index in [4.69, 9.17) is 9.47 Å². The number of esters is 1. The van der Waals surface area contributed by atoms with Gasteiger partial charge in [0.2, 0.25) is 5.78 Å². The second-order valence-electron chi connectivity index (χ2n) is 6.23. The van der Waals surface area contributed by atoms with Crippen molar-refractivity contribution in [3.63, 3.8) is 0 Å². The fraction of sp³-hybridized carbons (Fsp3) is 0.130. The van der Waals surface area contributed by atoms with Crippen LogP contribution in [0, 0.1) is 13.8 Å². The summed E-state index contributed by atoms with van der Waals surface area (Å²) in [5.41, 5.74) is 2.77. The van der Waals surface area contributed by atoms with Crippen molar-refractivity contribution in [2.45, 2.75) is 13.8 Å². The molecule has 0 heterocycles. The molecule has 0 fully saturated rings. The first-order chi connectivity index (χ1) is 13.0. The highest BCUT2D eigenvalue weighted by atomic mass is 16.5. The van der Waals surface area contributed by atoms with Crippen LogP contribution in [0.5, 0.6) is 11.5 Å². The van der Waals surface area contributed by atoms with Crippen molar-refractivity contribution in [3.05, 3.63) is 95.1 Å². The quantitative estimate of drug-likeness (QED) is 0.451. The zero-order chi connectivity index (χ0) is 19.2. The highest BCUT2D eigenvalue weighted by molar-refractivity contribution is 6.01. The summed E-state index contributed by atoms with van der Waals surface area (Å²) in [6.07, 6.45) is 0. The number of rotatable bonds is 6. The van der Waals surface area contributed by atoms with E-state index in [1.165, 1.54) is 0 Å². The van der Waals surface area contributed by atoms with Crippen LogP contribution in [0.2, 0.25) is 0 Å². The molecule has 27 heavy (non-hydrogen) atoms. The largest absolute Gasteiger partial charge is 0.456 e. The molecule has 0 unspecified atom stereocenters. The van der Waals surface area contributed by atoms with E-state index in [-0.39, 0.29) is 18.0 Å². The minimum Gasteiger partial charge on any atom is -0.456 e. The zero-order valence-corrected chi connectivity index (χ0v) is 15.3. The minimum absolute atomic E-state index is 0.234. The van der Waals surface area contributed by atoms with Gasteiger partial charge in [-0.15, -0.1) is 0 Å². The number of benzene rings is 3. The standard InChI is InChI=1S/C23H20O4/c1-16-12-13-19(17(2)14-16)21(24)15-26-23(25)20-10-6-7-11-22(20)27-18-8-4-3-5-9-18/h3-14H,15H2,1-2H3. The fourth-order valence-corrected chi connectivity index (χ4v) is 2.75. The van der Waals surface area contributed by atoms with Crippen LogP contribution in [0.4, 0.5) is 0 Å². The minimum atomic E-state index is -0.598. The third kappa shape index (κ3) is 4.61. The Labute approximate surface area is 158 Å². The Morgan fingerprint density at radius 3 is 2.26 bits per heavy atom. The molecule has 0 atom stereocenters. The van der Waals surface area contributed by atoms with Gasteiger partial charge in [0.25, 0.3) is 0 Å². The Bertz CT molecular complexity index is 961. The summed E-state index contributed by atoms with van der Waals surface area (Å²) in [5, 5.41) is 0. The lowest BCUT2D eigenvalue weighted by atomic mass is 10.0. The third-order valence-electron chi connectivity index (χ3n) is 4.09. The van der Waals surface area contributed by atoms with E-state index in [2.05, 4.69) is 0 Å². The fourth-order valence-electron chi connectivity index (χ4n) is 2.75. The Morgan fingerprint density at radius 1 is 0.815 bits per heavy atom. The molecule has 0 radical (unpaired) electrons. The molecule has 0 bridgehead atoms. The molecule has 0 saturated heterocycles. The van der Waals surface area contributed by atoms with E-state index in [1.54, 1.807) is 42.5 Å². The van der Waals surface area contributed by atoms with Crippen molar-refractivity contribution >= 4 is 11.8 Å². The summed E-state index contributed by atoms with van der Waals surface area (Å²) in [6.45, 7) is 3.51. The molecule has 3 rings (SSSR count). The number of hydrogen-bond donors (Lipinski definition) is 0. The third-order valence-corrected chi connectivity index (χ3v) is 4.09. The lowest BCUT2D eigenvalue weighted by Crippen LogP contribution is -2.15. The number of ketones is 1. The van der Waals surface area contributed by atoms with Crippen LogP contribution in [-0.2, 0) is 4.74 Å². The number of Topliss-reactive ketones (excluding diaryl/α,β-unsaturated/α-hetero) is 1. The topological polar surface area (TPSA) is 52.6 Å². The van der Waals surface area contributed by atoms with Crippen LogP contribution in [-0.4, -0.2) is 18.4 Å². The molecular weight excluding hydrogens is 340 g/mol. The smallest absolute Gasteiger partial charge is 0.342 e. The van der Waals surface area contributed by atoms with Crippen LogP contribution in [0.15, 0.2) is 72.8 Å². The summed E-state index contributed by atoms with van der Waals surface area (Å²) in [4.78, 5) is 24.9. The van der Waals surface area contributed by atoms with E-state index in [9.17, 15) is 9.59 Å². The molecule has 0 aliphatic carbocycles. The molecule has 3 aromatic rings. The van der Waals surface area contributed by atoms with Crippen molar-refractivity contribution in [2.24, 2.45) is 0 Å². The number of carbonyl (C=O) groups is 2. The molecule has 4 heteroatoms. The average molecular weight is 360 g/mol. The first kappa shape index (κ1) is 18.4. The second-order valence-corrected chi connectivity index (χ2v) is 6.23. The van der Waals surface area contributed by atoms with Crippen molar-refractivity contribution in [1.82, 2.24) is 0 Å². The van der Waals surface area contributed by atoms with E-state index in [1.807, 2.05) is 44.2 Å². The molecule has 0 spiro atoms. The first-order valence-corrected chi connectivity index (χ1v) is 8.64. The molecule has 0 aromatic heterocycles. The Morgan fingerprint density at radius 2 is 1.52 bits per heavy atom. The van der Waals surface area contributed by atoms with Gasteiger partial charge in [-0.3, -0.25) is 4.79 Å². The molecule has 3 aromatic carbocycles. The van der Waals surface area contributed by atoms with Crippen LogP contribution >= 0.6 is 0 Å². The molecule has 0 N–H and O–H groups in total. The highest BCUT2D eigenvalue weighted by Crippen LogP contribution is 2.25. The van der Waals surface area contributed by atoms with Gasteiger partial charge in [0.1, 0.15) is 17.1 Å². The first-order valence-electron chi connectivity index (χ1n) is 8.64. The summed E-state index contributed by atoms with van der Waals surface area (Å²) in [7, 11) is 0. The summed E-state index contributed by atoms with van der Waals surface area (Å²) in [6, 6.07) is 21.5. The van der Waals surface area contributed by atoms with Crippen LogP contribution in [0.3, 0.4) is 0 Å². The molecule has 0 aliphatic rings. The molecule has 4 nitrogen and oxygen atoms in total. The predicted molar refractivity (Wildman–Crippen MR) is 103 cm³/mol. The lowest BCUT2D eigenvalue weighted by molar-refractivity contribution is 0.0472. The molecule has 136 valence electrons. The van der Waals surface area contributed by atoms with Gasteiger partial charge in [0.05, 0.1) is 0 Å². The number of aryl methyl sites for hydroxylation is 2. The maximum atomic E-state index is 12.5. The molecule has 0 amide bonds. The van der Waals surface area contributed by atoms with Gasteiger partial charge in [-0.05, 0) is 43.7 Å². The Hall–Kier alpha value is -3.40. The number of carbonyl (C=O) groups excluding carboxylic acids is 2. The van der Waals surface area contributed by atoms with Crippen molar-refractivity contribution in [3.8, 4) is 11.5 Å². The summed E-state index contributed by atoms with van der Waals surface area (Å²) >= 11 is 0. The van der Waals surface area contributed by atoms with Gasteiger partial charge in [-0.1, -0.05) is 54.1 Å². The Kier molecular flexibility index (Phi) is 5.67. The van der Waals surface area contributed by atoms with Crippen molar-refractivity contribution in [2.75, 3.05) is 6.61 Å². The average Bonchev–Trinajstić information content (AvgIpc) is 2.67. The SMILES string of the molecule is Cc1ccc(C(=O)COC(=O)c2ccccc2Oc2ccccc2)c(C)c1. The summed E-state index contributed by atoms with van der Waals surface area (Å²) in [5.74, 6) is 0.165.